The molecule has 1 nitrogen and oxygen atoms in total. The molecule has 0 unspecified atom stereocenters. The standard InChI is InChI=1S/C11H14OS2/c1-2-13-9-8-11(12)14-10-6-4-3-5-7-10/h3-7H,2,8-9H2,1H3. The summed E-state index contributed by atoms with van der Waals surface area (Å²) < 4.78 is 0. The van der Waals surface area contributed by atoms with Crippen LogP contribution in [0.5, 0.6) is 0 Å². The topological polar surface area (TPSA) is 17.1 Å². The number of thioether (sulfide) groups is 2. The largest absolute Gasteiger partial charge is 0.287 e. The first-order chi connectivity index (χ1) is 6.83. The number of hydrogen-bond donors (Lipinski definition) is 0. The third-order valence-corrected chi connectivity index (χ3v) is 3.47. The van der Waals surface area contributed by atoms with E-state index in [1.807, 2.05) is 42.1 Å². The smallest absolute Gasteiger partial charge is 0.194 e. The van der Waals surface area contributed by atoms with Gasteiger partial charge in [0.25, 0.3) is 0 Å². The summed E-state index contributed by atoms with van der Waals surface area (Å²) in [5.74, 6) is 2.03. The minimum absolute atomic E-state index is 0.261. The summed E-state index contributed by atoms with van der Waals surface area (Å²) in [6.07, 6.45) is 0.665. The molecule has 14 heavy (non-hydrogen) atoms. The molecule has 0 bridgehead atoms. The fraction of sp³-hybridized carbons (Fsp3) is 0.364. The Bertz CT molecular complexity index is 272. The third kappa shape index (κ3) is 4.72. The highest BCUT2D eigenvalue weighted by Gasteiger charge is 2.03. The van der Waals surface area contributed by atoms with E-state index in [1.54, 1.807) is 0 Å². The molecule has 0 saturated heterocycles. The predicted octanol–water partition coefficient (Wildman–Crippen LogP) is 3.45. The van der Waals surface area contributed by atoms with Crippen LogP contribution in [0.4, 0.5) is 0 Å². The van der Waals surface area contributed by atoms with E-state index in [2.05, 4.69) is 6.92 Å². The lowest BCUT2D eigenvalue weighted by Gasteiger charge is -1.99. The molecule has 1 aromatic carbocycles. The van der Waals surface area contributed by atoms with Crippen LogP contribution in [0.3, 0.4) is 0 Å². The summed E-state index contributed by atoms with van der Waals surface area (Å²) >= 11 is 3.15. The summed E-state index contributed by atoms with van der Waals surface area (Å²) in [7, 11) is 0. The molecule has 1 rings (SSSR count). The van der Waals surface area contributed by atoms with E-state index in [1.165, 1.54) is 11.8 Å². The van der Waals surface area contributed by atoms with Gasteiger partial charge in [-0.3, -0.25) is 4.79 Å². The average molecular weight is 226 g/mol. The van der Waals surface area contributed by atoms with Crippen molar-refractivity contribution in [2.45, 2.75) is 18.2 Å². The second-order valence-corrected chi connectivity index (χ2v) is 5.26. The first kappa shape index (κ1) is 11.7. The fourth-order valence-corrected chi connectivity index (χ4v) is 2.48. The van der Waals surface area contributed by atoms with Crippen molar-refractivity contribution >= 4 is 28.6 Å². The summed E-state index contributed by atoms with van der Waals surface area (Å²) in [5, 5.41) is 0.261. The summed E-state index contributed by atoms with van der Waals surface area (Å²) in [4.78, 5) is 12.5. The summed E-state index contributed by atoms with van der Waals surface area (Å²) in [6, 6.07) is 9.80. The molecule has 1 aromatic rings. The van der Waals surface area contributed by atoms with E-state index in [4.69, 9.17) is 0 Å². The molecule has 0 spiro atoms. The van der Waals surface area contributed by atoms with Crippen LogP contribution in [0.25, 0.3) is 0 Å². The van der Waals surface area contributed by atoms with Gasteiger partial charge in [0.15, 0.2) is 5.12 Å². The van der Waals surface area contributed by atoms with Crippen LogP contribution in [-0.4, -0.2) is 16.6 Å². The van der Waals surface area contributed by atoms with E-state index in [9.17, 15) is 4.79 Å². The molecule has 0 aliphatic rings. The van der Waals surface area contributed by atoms with E-state index in [0.717, 1.165) is 16.4 Å². The van der Waals surface area contributed by atoms with Gasteiger partial charge in [-0.2, -0.15) is 11.8 Å². The molecule has 76 valence electrons. The molecule has 0 heterocycles. The zero-order chi connectivity index (χ0) is 10.2. The number of rotatable bonds is 5. The van der Waals surface area contributed by atoms with Crippen molar-refractivity contribution < 1.29 is 4.79 Å². The average Bonchev–Trinajstić information content (AvgIpc) is 2.20. The lowest BCUT2D eigenvalue weighted by Crippen LogP contribution is -1.93. The molecule has 0 atom stereocenters. The highest BCUT2D eigenvalue weighted by atomic mass is 32.2. The van der Waals surface area contributed by atoms with Gasteiger partial charge in [-0.05, 0) is 17.9 Å². The Labute approximate surface area is 93.7 Å². The minimum atomic E-state index is 0.261. The van der Waals surface area contributed by atoms with Crippen molar-refractivity contribution in [2.75, 3.05) is 11.5 Å². The van der Waals surface area contributed by atoms with Gasteiger partial charge in [0, 0.05) is 17.1 Å². The fourth-order valence-electron chi connectivity index (χ4n) is 0.971. The third-order valence-electron chi connectivity index (χ3n) is 1.63. The molecular weight excluding hydrogens is 212 g/mol. The quantitative estimate of drug-likeness (QED) is 0.565. The molecule has 0 aromatic heterocycles. The minimum Gasteiger partial charge on any atom is -0.287 e. The Morgan fingerprint density at radius 2 is 2.00 bits per heavy atom. The van der Waals surface area contributed by atoms with Crippen LogP contribution >= 0.6 is 23.5 Å². The van der Waals surface area contributed by atoms with Gasteiger partial charge in [-0.25, -0.2) is 0 Å². The summed E-state index contributed by atoms with van der Waals surface area (Å²) in [6.45, 7) is 2.11. The predicted molar refractivity (Wildman–Crippen MR) is 64.9 cm³/mol. The van der Waals surface area contributed by atoms with Gasteiger partial charge >= 0.3 is 0 Å². The van der Waals surface area contributed by atoms with E-state index >= 15 is 0 Å². The Kier molecular flexibility index (Phi) is 5.80. The molecule has 0 N–H and O–H groups in total. The maximum absolute atomic E-state index is 11.4. The maximum Gasteiger partial charge on any atom is 0.194 e. The van der Waals surface area contributed by atoms with Crippen LogP contribution in [-0.2, 0) is 4.79 Å². The highest BCUT2D eigenvalue weighted by Crippen LogP contribution is 2.20. The van der Waals surface area contributed by atoms with Crippen molar-refractivity contribution in [3.63, 3.8) is 0 Å². The number of carbonyl (C=O) groups excluding carboxylic acids is 1. The number of carbonyl (C=O) groups is 1. The van der Waals surface area contributed by atoms with Gasteiger partial charge in [0.1, 0.15) is 0 Å². The van der Waals surface area contributed by atoms with Crippen LogP contribution in [0.1, 0.15) is 13.3 Å². The van der Waals surface area contributed by atoms with Gasteiger partial charge < -0.3 is 0 Å². The normalized spacial score (nSPS) is 10.1. The zero-order valence-electron chi connectivity index (χ0n) is 8.23. The molecule has 0 aliphatic carbocycles. The lowest BCUT2D eigenvalue weighted by molar-refractivity contribution is -0.110. The summed E-state index contributed by atoms with van der Waals surface area (Å²) in [5.41, 5.74) is 0. The van der Waals surface area contributed by atoms with Gasteiger partial charge in [0.2, 0.25) is 0 Å². The molecule has 0 fully saturated rings. The number of benzene rings is 1. The van der Waals surface area contributed by atoms with Crippen molar-refractivity contribution in [3.8, 4) is 0 Å². The zero-order valence-corrected chi connectivity index (χ0v) is 9.87. The van der Waals surface area contributed by atoms with Crippen LogP contribution in [0.15, 0.2) is 35.2 Å². The van der Waals surface area contributed by atoms with E-state index < -0.39 is 0 Å². The van der Waals surface area contributed by atoms with Crippen molar-refractivity contribution in [3.05, 3.63) is 30.3 Å². The molecular formula is C11H14OS2. The maximum atomic E-state index is 11.4. The molecule has 0 amide bonds. The molecule has 3 heteroatoms. The highest BCUT2D eigenvalue weighted by molar-refractivity contribution is 8.13. The van der Waals surface area contributed by atoms with E-state index in [0.29, 0.717) is 6.42 Å². The SMILES string of the molecule is CCSCCC(=O)Sc1ccccc1. The Morgan fingerprint density at radius 3 is 2.64 bits per heavy atom. The second-order valence-electron chi connectivity index (χ2n) is 2.73. The van der Waals surface area contributed by atoms with Crippen molar-refractivity contribution in [2.24, 2.45) is 0 Å². The number of hydrogen-bond acceptors (Lipinski definition) is 3. The van der Waals surface area contributed by atoms with Crippen LogP contribution in [0.2, 0.25) is 0 Å². The van der Waals surface area contributed by atoms with Crippen LogP contribution in [0, 0.1) is 0 Å². The first-order valence-electron chi connectivity index (χ1n) is 4.66. The Hall–Kier alpha value is -0.410. The van der Waals surface area contributed by atoms with Crippen molar-refractivity contribution in [1.29, 1.82) is 0 Å². The molecule has 0 saturated carbocycles. The Morgan fingerprint density at radius 1 is 1.29 bits per heavy atom. The van der Waals surface area contributed by atoms with Gasteiger partial charge in [-0.1, -0.05) is 36.9 Å². The Balaban J connectivity index is 2.27. The van der Waals surface area contributed by atoms with E-state index in [-0.39, 0.29) is 5.12 Å². The van der Waals surface area contributed by atoms with Gasteiger partial charge in [-0.15, -0.1) is 0 Å². The molecule has 0 radical (unpaired) electrons. The molecule has 0 aliphatic heterocycles. The second kappa shape index (κ2) is 6.96. The van der Waals surface area contributed by atoms with Crippen LogP contribution < -0.4 is 0 Å². The van der Waals surface area contributed by atoms with Gasteiger partial charge in [0.05, 0.1) is 0 Å². The first-order valence-corrected chi connectivity index (χ1v) is 6.63. The lowest BCUT2D eigenvalue weighted by atomic mass is 10.4. The monoisotopic (exact) mass is 226 g/mol. The van der Waals surface area contributed by atoms with Crippen molar-refractivity contribution in [1.82, 2.24) is 0 Å².